The molecule has 0 bridgehead atoms. The van der Waals surface area contributed by atoms with Crippen LogP contribution in [0.2, 0.25) is 0 Å². The van der Waals surface area contributed by atoms with Crippen molar-refractivity contribution < 1.29 is 4.79 Å². The fraction of sp³-hybridized carbons (Fsp3) is 0.667. The molecular formula is C15H24N4O. The Labute approximate surface area is 121 Å². The first kappa shape index (κ1) is 14.9. The van der Waals surface area contributed by atoms with E-state index in [2.05, 4.69) is 16.9 Å². The minimum absolute atomic E-state index is 0.0439. The number of nitrogens with zero attached hydrogens (tertiary/aromatic N) is 4. The summed E-state index contributed by atoms with van der Waals surface area (Å²) in [5.74, 6) is 1.43. The van der Waals surface area contributed by atoms with Crippen molar-refractivity contribution in [3.05, 3.63) is 23.3 Å². The number of hydrogen-bond donors (Lipinski definition) is 0. The standard InChI is InChI=1S/C15H24N4O/c1-11-5-7-19(8-6-11)15(20)14-9-13(10-18(3)4)16-12(2)17-14/h9,11H,5-8,10H2,1-4H3. The number of carbonyl (C=O) groups is 1. The van der Waals surface area contributed by atoms with E-state index in [9.17, 15) is 4.79 Å². The molecule has 5 heteroatoms. The van der Waals surface area contributed by atoms with Crippen LogP contribution in [0.4, 0.5) is 0 Å². The summed E-state index contributed by atoms with van der Waals surface area (Å²) in [5, 5.41) is 0. The lowest BCUT2D eigenvalue weighted by Gasteiger charge is -2.30. The molecule has 0 spiro atoms. The molecule has 1 aromatic rings. The summed E-state index contributed by atoms with van der Waals surface area (Å²) < 4.78 is 0. The first-order chi connectivity index (χ1) is 9.45. The number of likely N-dealkylation sites (tertiary alicyclic amines) is 1. The zero-order chi connectivity index (χ0) is 14.7. The van der Waals surface area contributed by atoms with Gasteiger partial charge in [0.05, 0.1) is 5.69 Å². The van der Waals surface area contributed by atoms with Gasteiger partial charge in [-0.15, -0.1) is 0 Å². The second-order valence-corrected chi connectivity index (χ2v) is 6.00. The number of aryl methyl sites for hydroxylation is 1. The highest BCUT2D eigenvalue weighted by atomic mass is 16.2. The van der Waals surface area contributed by atoms with E-state index in [-0.39, 0.29) is 5.91 Å². The third kappa shape index (κ3) is 3.76. The molecule has 1 saturated heterocycles. The third-order valence-corrected chi connectivity index (χ3v) is 3.66. The maximum atomic E-state index is 12.5. The van der Waals surface area contributed by atoms with Gasteiger partial charge in [-0.2, -0.15) is 0 Å². The Bertz CT molecular complexity index is 479. The van der Waals surface area contributed by atoms with Crippen LogP contribution in [0.5, 0.6) is 0 Å². The normalized spacial score (nSPS) is 16.8. The fourth-order valence-electron chi connectivity index (χ4n) is 2.52. The minimum Gasteiger partial charge on any atom is -0.337 e. The van der Waals surface area contributed by atoms with Gasteiger partial charge in [0.25, 0.3) is 5.91 Å². The lowest BCUT2D eigenvalue weighted by Crippen LogP contribution is -2.38. The van der Waals surface area contributed by atoms with Crippen LogP contribution in [0.1, 0.15) is 41.8 Å². The van der Waals surface area contributed by atoms with Crippen LogP contribution in [-0.4, -0.2) is 52.9 Å². The van der Waals surface area contributed by atoms with E-state index in [1.807, 2.05) is 36.9 Å². The molecule has 1 aromatic heterocycles. The van der Waals surface area contributed by atoms with Gasteiger partial charge < -0.3 is 9.80 Å². The van der Waals surface area contributed by atoms with Gasteiger partial charge in [0.15, 0.2) is 0 Å². The van der Waals surface area contributed by atoms with Crippen LogP contribution in [0, 0.1) is 12.8 Å². The molecule has 0 radical (unpaired) electrons. The predicted molar refractivity (Wildman–Crippen MR) is 78.5 cm³/mol. The first-order valence-electron chi connectivity index (χ1n) is 7.24. The van der Waals surface area contributed by atoms with Crippen molar-refractivity contribution in [1.82, 2.24) is 19.8 Å². The van der Waals surface area contributed by atoms with Gasteiger partial charge in [0.1, 0.15) is 11.5 Å². The summed E-state index contributed by atoms with van der Waals surface area (Å²) in [5.41, 5.74) is 1.43. The molecule has 2 heterocycles. The lowest BCUT2D eigenvalue weighted by atomic mass is 9.99. The number of carbonyl (C=O) groups excluding carboxylic acids is 1. The molecule has 5 nitrogen and oxygen atoms in total. The molecule has 0 unspecified atom stereocenters. The molecule has 1 aliphatic heterocycles. The molecule has 0 atom stereocenters. The van der Waals surface area contributed by atoms with Crippen molar-refractivity contribution in [3.8, 4) is 0 Å². The van der Waals surface area contributed by atoms with Crippen molar-refractivity contribution in [3.63, 3.8) is 0 Å². The Morgan fingerprint density at radius 2 is 2.00 bits per heavy atom. The van der Waals surface area contributed by atoms with E-state index in [0.29, 0.717) is 11.5 Å². The monoisotopic (exact) mass is 276 g/mol. The van der Waals surface area contributed by atoms with E-state index in [1.165, 1.54) is 0 Å². The van der Waals surface area contributed by atoms with Crippen molar-refractivity contribution in [2.45, 2.75) is 33.2 Å². The molecular weight excluding hydrogens is 252 g/mol. The summed E-state index contributed by atoms with van der Waals surface area (Å²) in [6.45, 7) is 6.48. The molecule has 110 valence electrons. The Kier molecular flexibility index (Phi) is 4.70. The Morgan fingerprint density at radius 3 is 2.60 bits per heavy atom. The number of amides is 1. The molecule has 1 amide bonds. The summed E-state index contributed by atoms with van der Waals surface area (Å²) in [7, 11) is 3.98. The Hall–Kier alpha value is -1.49. The number of piperidine rings is 1. The maximum Gasteiger partial charge on any atom is 0.272 e. The molecule has 0 aliphatic carbocycles. The van der Waals surface area contributed by atoms with Crippen LogP contribution in [0.25, 0.3) is 0 Å². The van der Waals surface area contributed by atoms with Crippen molar-refractivity contribution in [2.24, 2.45) is 5.92 Å². The van der Waals surface area contributed by atoms with Crippen LogP contribution >= 0.6 is 0 Å². The largest absolute Gasteiger partial charge is 0.337 e. The first-order valence-corrected chi connectivity index (χ1v) is 7.24. The highest BCUT2D eigenvalue weighted by molar-refractivity contribution is 5.92. The molecule has 0 aromatic carbocycles. The zero-order valence-electron chi connectivity index (χ0n) is 12.9. The minimum atomic E-state index is 0.0439. The molecule has 1 fully saturated rings. The second kappa shape index (κ2) is 6.31. The average molecular weight is 276 g/mol. The van der Waals surface area contributed by atoms with Gasteiger partial charge in [-0.1, -0.05) is 6.92 Å². The van der Waals surface area contributed by atoms with E-state index >= 15 is 0 Å². The van der Waals surface area contributed by atoms with E-state index in [1.54, 1.807) is 0 Å². The van der Waals surface area contributed by atoms with Crippen LogP contribution < -0.4 is 0 Å². The van der Waals surface area contributed by atoms with Crippen LogP contribution in [0.3, 0.4) is 0 Å². The van der Waals surface area contributed by atoms with Gasteiger partial charge in [0.2, 0.25) is 0 Å². The van der Waals surface area contributed by atoms with Crippen molar-refractivity contribution in [1.29, 1.82) is 0 Å². The molecule has 0 saturated carbocycles. The highest BCUT2D eigenvalue weighted by Gasteiger charge is 2.23. The van der Waals surface area contributed by atoms with Crippen LogP contribution in [0.15, 0.2) is 6.07 Å². The van der Waals surface area contributed by atoms with Gasteiger partial charge in [-0.25, -0.2) is 9.97 Å². The second-order valence-electron chi connectivity index (χ2n) is 6.00. The molecule has 2 rings (SSSR count). The predicted octanol–water partition coefficient (Wildman–Crippen LogP) is 1.72. The number of hydrogen-bond acceptors (Lipinski definition) is 4. The fourth-order valence-corrected chi connectivity index (χ4v) is 2.52. The van der Waals surface area contributed by atoms with Crippen molar-refractivity contribution in [2.75, 3.05) is 27.2 Å². The van der Waals surface area contributed by atoms with E-state index in [4.69, 9.17) is 0 Å². The lowest BCUT2D eigenvalue weighted by molar-refractivity contribution is 0.0690. The quantitative estimate of drug-likeness (QED) is 0.843. The SMILES string of the molecule is Cc1nc(CN(C)C)cc(C(=O)N2CCC(C)CC2)n1. The average Bonchev–Trinajstić information content (AvgIpc) is 2.37. The maximum absolute atomic E-state index is 12.5. The summed E-state index contributed by atoms with van der Waals surface area (Å²) in [4.78, 5) is 25.2. The molecule has 1 aliphatic rings. The van der Waals surface area contributed by atoms with E-state index in [0.717, 1.165) is 44.1 Å². The van der Waals surface area contributed by atoms with Gasteiger partial charge in [-0.05, 0) is 45.8 Å². The van der Waals surface area contributed by atoms with Crippen LogP contribution in [-0.2, 0) is 6.54 Å². The summed E-state index contributed by atoms with van der Waals surface area (Å²) >= 11 is 0. The Morgan fingerprint density at radius 1 is 1.35 bits per heavy atom. The number of rotatable bonds is 3. The van der Waals surface area contributed by atoms with Crippen molar-refractivity contribution >= 4 is 5.91 Å². The third-order valence-electron chi connectivity index (χ3n) is 3.66. The molecule has 20 heavy (non-hydrogen) atoms. The van der Waals surface area contributed by atoms with Gasteiger partial charge in [-0.3, -0.25) is 4.79 Å². The smallest absolute Gasteiger partial charge is 0.272 e. The molecule has 0 N–H and O–H groups in total. The zero-order valence-corrected chi connectivity index (χ0v) is 12.9. The van der Waals surface area contributed by atoms with Gasteiger partial charge >= 0.3 is 0 Å². The summed E-state index contributed by atoms with van der Waals surface area (Å²) in [6.07, 6.45) is 2.17. The summed E-state index contributed by atoms with van der Waals surface area (Å²) in [6, 6.07) is 1.83. The Balaban J connectivity index is 2.14. The van der Waals surface area contributed by atoms with E-state index < -0.39 is 0 Å². The topological polar surface area (TPSA) is 49.3 Å². The highest BCUT2D eigenvalue weighted by Crippen LogP contribution is 2.18. The van der Waals surface area contributed by atoms with Gasteiger partial charge in [0, 0.05) is 19.6 Å². The number of aromatic nitrogens is 2.